The van der Waals surface area contributed by atoms with E-state index >= 15 is 13.2 Å². The summed E-state index contributed by atoms with van der Waals surface area (Å²) in [4.78, 5) is 5.92. The zero-order valence-electron chi connectivity index (χ0n) is 23.1. The molecule has 3 heterocycles. The second-order valence-corrected chi connectivity index (χ2v) is 9.68. The first-order valence-corrected chi connectivity index (χ1v) is 12.4. The van der Waals surface area contributed by atoms with E-state index in [0.29, 0.717) is 0 Å². The third-order valence-corrected chi connectivity index (χ3v) is 6.83. The fraction of sp³-hybridized carbons (Fsp3) is 0.185. The Morgan fingerprint density at radius 3 is 1.10 bits per heavy atom. The number of halogens is 18. The van der Waals surface area contributed by atoms with Gasteiger partial charge >= 0.3 is 18.5 Å². The van der Waals surface area contributed by atoms with Crippen molar-refractivity contribution in [2.24, 2.45) is 5.92 Å². The van der Waals surface area contributed by atoms with Crippen LogP contribution in [0.5, 0.6) is 0 Å². The second kappa shape index (κ2) is 12.5. The van der Waals surface area contributed by atoms with E-state index in [1.165, 1.54) is 0 Å². The van der Waals surface area contributed by atoms with Gasteiger partial charge in [0.2, 0.25) is 17.8 Å². The number of hydrogen-bond donors (Lipinski definition) is 0. The van der Waals surface area contributed by atoms with Gasteiger partial charge in [-0.1, -0.05) is 0 Å². The minimum absolute atomic E-state index is 0.718. The van der Waals surface area contributed by atoms with Crippen molar-refractivity contribution in [3.05, 3.63) is 97.7 Å². The number of nitrogens with zero attached hydrogens (tertiary/aromatic N) is 6. The van der Waals surface area contributed by atoms with E-state index in [9.17, 15) is 81.6 Å². The first-order valence-electron chi connectivity index (χ1n) is 12.4. The molecule has 0 bridgehead atoms. The van der Waals surface area contributed by atoms with Crippen LogP contribution in [0.15, 0.2) is 11.1 Å². The van der Waals surface area contributed by atoms with E-state index < -0.39 is 139 Å². The van der Waals surface area contributed by atoms with Gasteiger partial charge in [-0.05, 0) is 11.1 Å². The summed E-state index contributed by atoms with van der Waals surface area (Å²) in [5.74, 6) is -32.1. The Bertz CT molecular complexity index is 2100. The van der Waals surface area contributed by atoms with Crippen LogP contribution in [0, 0.1) is 92.7 Å². The van der Waals surface area contributed by atoms with Crippen LogP contribution in [-0.4, -0.2) is 15.0 Å². The van der Waals surface area contributed by atoms with Crippen LogP contribution in [-0.2, 0) is 18.5 Å². The van der Waals surface area contributed by atoms with Crippen LogP contribution in [0.25, 0.3) is 11.1 Å². The smallest absolute Gasteiger partial charge is 0.209 e. The lowest BCUT2D eigenvalue weighted by molar-refractivity contribution is -0.145. The third kappa shape index (κ3) is 6.23. The highest BCUT2D eigenvalue weighted by Gasteiger charge is 2.54. The van der Waals surface area contributed by atoms with E-state index in [4.69, 9.17) is 0 Å². The summed E-state index contributed by atoms with van der Waals surface area (Å²) in [5, 5.41) is 29.2. The number of alkyl halides is 9. The maximum absolute atomic E-state index is 15.1. The second-order valence-electron chi connectivity index (χ2n) is 9.68. The Labute approximate surface area is 267 Å². The van der Waals surface area contributed by atoms with Gasteiger partial charge in [-0.25, -0.2) is 41.3 Å². The summed E-state index contributed by atoms with van der Waals surface area (Å²) >= 11 is 0. The lowest BCUT2D eigenvalue weighted by Crippen LogP contribution is -2.19. The minimum Gasteiger partial charge on any atom is -0.209 e. The van der Waals surface area contributed by atoms with Gasteiger partial charge in [-0.3, -0.25) is 0 Å². The highest BCUT2D eigenvalue weighted by molar-refractivity contribution is 5.98. The zero-order chi connectivity index (χ0) is 38.9. The summed E-state index contributed by atoms with van der Waals surface area (Å²) in [6, 6.07) is 2.24. The van der Waals surface area contributed by atoms with Gasteiger partial charge in [0.25, 0.3) is 0 Å². The fourth-order valence-corrected chi connectivity index (χ4v) is 4.80. The van der Waals surface area contributed by atoms with Crippen molar-refractivity contribution in [1.82, 2.24) is 15.0 Å². The Balaban J connectivity index is 2.29. The maximum Gasteiger partial charge on any atom is 0.436 e. The molecule has 0 saturated heterocycles. The first kappa shape index (κ1) is 38.0. The highest BCUT2D eigenvalue weighted by atomic mass is 19.4. The van der Waals surface area contributed by atoms with Crippen molar-refractivity contribution in [1.29, 1.82) is 15.8 Å². The summed E-state index contributed by atoms with van der Waals surface area (Å²) < 4.78 is 253. The molecule has 4 rings (SSSR count). The lowest BCUT2D eigenvalue weighted by Gasteiger charge is -2.15. The summed E-state index contributed by atoms with van der Waals surface area (Å²) in [7, 11) is 0. The van der Waals surface area contributed by atoms with Gasteiger partial charge in [0.1, 0.15) is 12.1 Å². The normalized spacial score (nSPS) is 17.4. The Morgan fingerprint density at radius 2 is 0.804 bits per heavy atom. The van der Waals surface area contributed by atoms with Crippen LogP contribution < -0.4 is 0 Å². The van der Waals surface area contributed by atoms with Gasteiger partial charge in [-0.15, -0.1) is 0 Å². The average Bonchev–Trinajstić information content (AvgIpc) is 3.72. The average molecular weight is 752 g/mol. The molecule has 0 spiro atoms. The fourth-order valence-electron chi connectivity index (χ4n) is 4.80. The van der Waals surface area contributed by atoms with E-state index in [0.717, 1.165) is 18.2 Å². The van der Waals surface area contributed by atoms with E-state index in [2.05, 4.69) is 0 Å². The van der Waals surface area contributed by atoms with Gasteiger partial charge in [-0.2, -0.15) is 68.5 Å². The minimum atomic E-state index is -6.03. The molecule has 3 aromatic rings. The van der Waals surface area contributed by atoms with Crippen LogP contribution in [0.1, 0.15) is 39.7 Å². The molecule has 266 valence electrons. The van der Waals surface area contributed by atoms with Crippen molar-refractivity contribution in [2.75, 3.05) is 0 Å². The van der Waals surface area contributed by atoms with E-state index in [-0.39, 0.29) is 0 Å². The molecule has 51 heavy (non-hydrogen) atoms. The number of rotatable bonds is 4. The molecule has 0 N–H and O–H groups in total. The standard InChI is InChI=1S/C27H2F18N6/c28-13-10(16(31)22(34)49-19(13)25(37,38)39)4(1-46)7-8(5(2-47)11-14(29)20(26(40,41)42)50-23(35)17(11)32)9(7)6(3-48)12-15(30)21(27(43,44)45)51-24(36)18(12)33/h4,7H/b8-5-,9-6?. The van der Waals surface area contributed by atoms with E-state index in [1.54, 1.807) is 0 Å². The van der Waals surface area contributed by atoms with Gasteiger partial charge in [0, 0.05) is 11.5 Å². The number of aromatic nitrogens is 3. The monoisotopic (exact) mass is 752 g/mol. The van der Waals surface area contributed by atoms with Crippen LogP contribution >= 0.6 is 0 Å². The van der Waals surface area contributed by atoms with Crippen LogP contribution in [0.3, 0.4) is 0 Å². The molecule has 1 saturated carbocycles. The Morgan fingerprint density at radius 1 is 0.490 bits per heavy atom. The SMILES string of the molecule is N#CC(=C1/C(=C(/C#N)c2c(F)c(F)nc(C(F)(F)F)c2F)C1C(C#N)c1c(F)c(F)nc(C(F)(F)F)c1F)c1c(F)c(F)nc(C(F)(F)F)c1F. The molecular formula is C27H2F18N6. The first-order chi connectivity index (χ1) is 23.4. The van der Waals surface area contributed by atoms with Crippen molar-refractivity contribution < 1.29 is 79.0 Å². The molecular weight excluding hydrogens is 750 g/mol. The number of allylic oxidation sites excluding steroid dienone is 4. The highest BCUT2D eigenvalue weighted by Crippen LogP contribution is 2.61. The van der Waals surface area contributed by atoms with Crippen molar-refractivity contribution in [2.45, 2.75) is 24.4 Å². The molecule has 1 fully saturated rings. The molecule has 2 atom stereocenters. The molecule has 1 aliphatic rings. The Hall–Kier alpha value is -5.86. The molecule has 0 aromatic carbocycles. The number of pyridine rings is 3. The molecule has 24 heteroatoms. The zero-order valence-corrected chi connectivity index (χ0v) is 23.1. The Kier molecular flexibility index (Phi) is 9.28. The number of nitriles is 3. The largest absolute Gasteiger partial charge is 0.436 e. The topological polar surface area (TPSA) is 110 Å². The molecule has 1 aliphatic carbocycles. The van der Waals surface area contributed by atoms with Crippen molar-refractivity contribution in [3.63, 3.8) is 0 Å². The van der Waals surface area contributed by atoms with Gasteiger partial charge in [0.15, 0.2) is 52.0 Å². The third-order valence-electron chi connectivity index (χ3n) is 6.83. The summed E-state index contributed by atoms with van der Waals surface area (Å²) in [6.07, 6.45) is -18.1. The lowest BCUT2D eigenvalue weighted by atomic mass is 9.91. The van der Waals surface area contributed by atoms with Crippen molar-refractivity contribution >= 4 is 11.1 Å². The molecule has 6 nitrogen and oxygen atoms in total. The molecule has 0 amide bonds. The summed E-state index contributed by atoms with van der Waals surface area (Å²) in [5.41, 5.74) is -23.7. The molecule has 3 aromatic heterocycles. The quantitative estimate of drug-likeness (QED) is 0.151. The van der Waals surface area contributed by atoms with E-state index in [1.807, 2.05) is 15.0 Å². The van der Waals surface area contributed by atoms with Crippen LogP contribution in [0.4, 0.5) is 79.0 Å². The van der Waals surface area contributed by atoms with Gasteiger partial charge < -0.3 is 0 Å². The predicted molar refractivity (Wildman–Crippen MR) is 124 cm³/mol. The molecule has 0 radical (unpaired) electrons. The van der Waals surface area contributed by atoms with Gasteiger partial charge in [0.05, 0.1) is 34.3 Å². The molecule has 0 aliphatic heterocycles. The maximum atomic E-state index is 15.1. The van der Waals surface area contributed by atoms with Crippen LogP contribution in [0.2, 0.25) is 0 Å². The predicted octanol–water partition coefficient (Wildman–Crippen LogP) is 8.37. The number of hydrogen-bond acceptors (Lipinski definition) is 6. The molecule has 2 unspecified atom stereocenters. The summed E-state index contributed by atoms with van der Waals surface area (Å²) in [6.45, 7) is 0. The van der Waals surface area contributed by atoms with Crippen molar-refractivity contribution in [3.8, 4) is 18.2 Å².